The van der Waals surface area contributed by atoms with Crippen molar-refractivity contribution in [3.8, 4) is 0 Å². The van der Waals surface area contributed by atoms with Crippen molar-refractivity contribution in [2.24, 2.45) is 5.92 Å². The van der Waals surface area contributed by atoms with Gasteiger partial charge in [0.1, 0.15) is 11.1 Å². The first-order valence-corrected chi connectivity index (χ1v) is 9.95. The van der Waals surface area contributed by atoms with E-state index >= 15 is 0 Å². The van der Waals surface area contributed by atoms with Gasteiger partial charge in [-0.2, -0.15) is 0 Å². The SMILES string of the molecule is CCCCn1c(CCC)c(CC)cc(C(=O)NC(C)(C(=O)O)C(C)C)c1=O. The molecule has 152 valence electrons. The van der Waals surface area contributed by atoms with Crippen LogP contribution in [0.4, 0.5) is 0 Å². The van der Waals surface area contributed by atoms with Crippen molar-refractivity contribution in [1.82, 2.24) is 9.88 Å². The Morgan fingerprint density at radius 2 is 1.85 bits per heavy atom. The molecule has 1 heterocycles. The van der Waals surface area contributed by atoms with E-state index in [4.69, 9.17) is 0 Å². The fraction of sp³-hybridized carbons (Fsp3) is 0.667. The molecule has 6 heteroatoms. The standard InChI is InChI=1S/C21H34N2O4/c1-7-10-12-23-17(11-8-2)15(9-3)13-16(19(23)25)18(24)22-21(6,14(4)5)20(26)27/h13-14H,7-12H2,1-6H3,(H,22,24)(H,26,27). The number of carbonyl (C=O) groups is 2. The number of amides is 1. The summed E-state index contributed by atoms with van der Waals surface area (Å²) >= 11 is 0. The molecule has 1 amide bonds. The molecule has 27 heavy (non-hydrogen) atoms. The molecule has 1 unspecified atom stereocenters. The van der Waals surface area contributed by atoms with E-state index in [1.807, 2.05) is 6.92 Å². The zero-order chi connectivity index (χ0) is 20.8. The lowest BCUT2D eigenvalue weighted by Crippen LogP contribution is -2.56. The van der Waals surface area contributed by atoms with Crippen molar-refractivity contribution in [2.45, 2.75) is 85.7 Å². The average Bonchev–Trinajstić information content (AvgIpc) is 2.61. The Morgan fingerprint density at radius 1 is 1.22 bits per heavy atom. The maximum Gasteiger partial charge on any atom is 0.329 e. The van der Waals surface area contributed by atoms with Gasteiger partial charge in [0.2, 0.25) is 0 Å². The van der Waals surface area contributed by atoms with Gasteiger partial charge in [-0.05, 0) is 43.7 Å². The summed E-state index contributed by atoms with van der Waals surface area (Å²) in [5, 5.41) is 12.1. The molecule has 1 rings (SSSR count). The number of rotatable bonds is 10. The molecule has 0 aromatic carbocycles. The van der Waals surface area contributed by atoms with E-state index in [0.717, 1.165) is 36.9 Å². The van der Waals surface area contributed by atoms with Gasteiger partial charge in [-0.3, -0.25) is 9.59 Å². The van der Waals surface area contributed by atoms with E-state index in [0.29, 0.717) is 13.0 Å². The van der Waals surface area contributed by atoms with Gasteiger partial charge in [0.25, 0.3) is 11.5 Å². The molecule has 1 aromatic rings. The van der Waals surface area contributed by atoms with Crippen molar-refractivity contribution in [3.63, 3.8) is 0 Å². The number of aliphatic carboxylic acids is 1. The van der Waals surface area contributed by atoms with Crippen molar-refractivity contribution in [3.05, 3.63) is 33.2 Å². The number of hydrogen-bond donors (Lipinski definition) is 2. The Hall–Kier alpha value is -2.11. The second kappa shape index (κ2) is 9.72. The fourth-order valence-electron chi connectivity index (χ4n) is 3.06. The predicted molar refractivity (Wildman–Crippen MR) is 107 cm³/mol. The van der Waals surface area contributed by atoms with Gasteiger partial charge in [0.05, 0.1) is 0 Å². The molecule has 0 spiro atoms. The molecule has 0 fully saturated rings. The zero-order valence-electron chi connectivity index (χ0n) is 17.5. The summed E-state index contributed by atoms with van der Waals surface area (Å²) in [6.07, 6.45) is 4.20. The molecule has 2 N–H and O–H groups in total. The smallest absolute Gasteiger partial charge is 0.329 e. The maximum atomic E-state index is 13.1. The Kier molecular flexibility index (Phi) is 8.25. The zero-order valence-corrected chi connectivity index (χ0v) is 17.5. The van der Waals surface area contributed by atoms with Crippen LogP contribution in [0.3, 0.4) is 0 Å². The topological polar surface area (TPSA) is 88.4 Å². The number of hydrogen-bond acceptors (Lipinski definition) is 3. The Balaban J connectivity index is 3.48. The predicted octanol–water partition coefficient (Wildman–Crippen LogP) is 3.39. The van der Waals surface area contributed by atoms with Crippen LogP contribution in [0.5, 0.6) is 0 Å². The lowest BCUT2D eigenvalue weighted by atomic mass is 9.88. The van der Waals surface area contributed by atoms with E-state index in [2.05, 4.69) is 19.2 Å². The highest BCUT2D eigenvalue weighted by Crippen LogP contribution is 2.19. The average molecular weight is 379 g/mol. The monoisotopic (exact) mass is 378 g/mol. The number of aryl methyl sites for hydroxylation is 1. The second-order valence-electron chi connectivity index (χ2n) is 7.56. The van der Waals surface area contributed by atoms with Crippen molar-refractivity contribution in [1.29, 1.82) is 0 Å². The van der Waals surface area contributed by atoms with Gasteiger partial charge in [-0.15, -0.1) is 0 Å². The molecule has 1 aromatic heterocycles. The van der Waals surface area contributed by atoms with Crippen LogP contribution in [0.25, 0.3) is 0 Å². The van der Waals surface area contributed by atoms with E-state index < -0.39 is 17.4 Å². The largest absolute Gasteiger partial charge is 0.480 e. The number of carbonyl (C=O) groups excluding carboxylic acids is 1. The minimum absolute atomic E-state index is 0.0240. The minimum atomic E-state index is -1.44. The van der Waals surface area contributed by atoms with Crippen LogP contribution in [0.1, 0.15) is 82.4 Å². The normalized spacial score (nSPS) is 13.4. The number of nitrogens with zero attached hydrogens (tertiary/aromatic N) is 1. The molecule has 1 atom stereocenters. The van der Waals surface area contributed by atoms with Gasteiger partial charge in [0.15, 0.2) is 0 Å². The molecule has 0 saturated heterocycles. The molecule has 0 saturated carbocycles. The highest BCUT2D eigenvalue weighted by molar-refractivity contribution is 5.97. The van der Waals surface area contributed by atoms with Gasteiger partial charge >= 0.3 is 5.97 Å². The third-order valence-corrected chi connectivity index (χ3v) is 5.31. The molecule has 0 radical (unpaired) electrons. The van der Waals surface area contributed by atoms with Gasteiger partial charge in [0, 0.05) is 12.2 Å². The molecule has 6 nitrogen and oxygen atoms in total. The highest BCUT2D eigenvalue weighted by Gasteiger charge is 2.39. The third kappa shape index (κ3) is 4.99. The fourth-order valence-corrected chi connectivity index (χ4v) is 3.06. The van der Waals surface area contributed by atoms with Crippen LogP contribution in [0.2, 0.25) is 0 Å². The number of nitrogens with one attached hydrogen (secondary N) is 1. The van der Waals surface area contributed by atoms with E-state index in [1.54, 1.807) is 24.5 Å². The van der Waals surface area contributed by atoms with Gasteiger partial charge in [-0.25, -0.2) is 4.79 Å². The molecule has 0 bridgehead atoms. The molecule has 0 aliphatic heterocycles. The van der Waals surface area contributed by atoms with Crippen LogP contribution in [-0.2, 0) is 24.2 Å². The quantitative estimate of drug-likeness (QED) is 0.653. The van der Waals surface area contributed by atoms with Crippen LogP contribution in [0, 0.1) is 5.92 Å². The van der Waals surface area contributed by atoms with Crippen molar-refractivity contribution in [2.75, 3.05) is 0 Å². The summed E-state index contributed by atoms with van der Waals surface area (Å²) in [5.74, 6) is -2.07. The maximum absolute atomic E-state index is 13.1. The van der Waals surface area contributed by atoms with Gasteiger partial charge < -0.3 is 15.0 Å². The summed E-state index contributed by atoms with van der Waals surface area (Å²) in [6, 6.07) is 1.65. The first-order chi connectivity index (χ1) is 12.6. The number of pyridine rings is 1. The number of aromatic nitrogens is 1. The third-order valence-electron chi connectivity index (χ3n) is 5.31. The van der Waals surface area contributed by atoms with Crippen LogP contribution < -0.4 is 10.9 Å². The highest BCUT2D eigenvalue weighted by atomic mass is 16.4. The van der Waals surface area contributed by atoms with Crippen molar-refractivity contribution >= 4 is 11.9 Å². The molecular weight excluding hydrogens is 344 g/mol. The summed E-state index contributed by atoms with van der Waals surface area (Å²) in [6.45, 7) is 11.6. The summed E-state index contributed by atoms with van der Waals surface area (Å²) in [5.41, 5.74) is 0.208. The second-order valence-corrected chi connectivity index (χ2v) is 7.56. The Labute approximate surface area is 162 Å². The number of carboxylic acid groups (broad SMARTS) is 1. The van der Waals surface area contributed by atoms with Crippen molar-refractivity contribution < 1.29 is 14.7 Å². The summed E-state index contributed by atoms with van der Waals surface area (Å²) < 4.78 is 1.72. The van der Waals surface area contributed by atoms with Crippen LogP contribution in [-0.4, -0.2) is 27.1 Å². The van der Waals surface area contributed by atoms with E-state index in [-0.39, 0.29) is 17.0 Å². The van der Waals surface area contributed by atoms with Crippen LogP contribution >= 0.6 is 0 Å². The Bertz CT molecular complexity index is 736. The molecule has 0 aliphatic carbocycles. The number of carboxylic acids is 1. The van der Waals surface area contributed by atoms with E-state index in [1.165, 1.54) is 6.92 Å². The van der Waals surface area contributed by atoms with Gasteiger partial charge in [-0.1, -0.05) is 47.5 Å². The summed E-state index contributed by atoms with van der Waals surface area (Å²) in [4.78, 5) is 37.6. The lowest BCUT2D eigenvalue weighted by Gasteiger charge is -2.30. The first kappa shape index (κ1) is 22.9. The first-order valence-electron chi connectivity index (χ1n) is 9.95. The van der Waals surface area contributed by atoms with E-state index in [9.17, 15) is 19.5 Å². The van der Waals surface area contributed by atoms with Crippen LogP contribution in [0.15, 0.2) is 10.9 Å². The Morgan fingerprint density at radius 3 is 2.30 bits per heavy atom. The minimum Gasteiger partial charge on any atom is -0.480 e. The lowest BCUT2D eigenvalue weighted by molar-refractivity contribution is -0.145. The summed E-state index contributed by atoms with van der Waals surface area (Å²) in [7, 11) is 0. The number of unbranched alkanes of at least 4 members (excludes halogenated alkanes) is 1. The molecular formula is C21H34N2O4. The molecule has 0 aliphatic rings.